The minimum atomic E-state index is 0.268. The predicted octanol–water partition coefficient (Wildman–Crippen LogP) is 2.06. The average Bonchev–Trinajstić information content (AvgIpc) is 2.44. The van der Waals surface area contributed by atoms with E-state index in [0.717, 1.165) is 6.42 Å². The minimum Gasteiger partial charge on any atom is -0.396 e. The van der Waals surface area contributed by atoms with E-state index in [2.05, 4.69) is 27.7 Å². The molecular formula is C11H22O2. The van der Waals surface area contributed by atoms with E-state index in [1.165, 1.54) is 0 Å². The third kappa shape index (κ3) is 2.44. The molecule has 1 fully saturated rings. The smallest absolute Gasteiger partial charge is 0.0611 e. The van der Waals surface area contributed by atoms with E-state index in [1.807, 2.05) is 0 Å². The van der Waals surface area contributed by atoms with Gasteiger partial charge in [0.25, 0.3) is 0 Å². The number of aliphatic hydroxyl groups is 1. The van der Waals surface area contributed by atoms with E-state index in [9.17, 15) is 0 Å². The Hall–Kier alpha value is -0.0800. The molecule has 1 rings (SSSR count). The summed E-state index contributed by atoms with van der Waals surface area (Å²) >= 11 is 0. The Morgan fingerprint density at radius 2 is 2.00 bits per heavy atom. The molecule has 5 unspecified atom stereocenters. The normalized spacial score (nSPS) is 39.0. The van der Waals surface area contributed by atoms with Crippen molar-refractivity contribution in [3.8, 4) is 0 Å². The summed E-state index contributed by atoms with van der Waals surface area (Å²) in [5.74, 6) is 1.48. The van der Waals surface area contributed by atoms with Crippen LogP contribution in [0.2, 0.25) is 0 Å². The summed E-state index contributed by atoms with van der Waals surface area (Å²) in [6.07, 6.45) is 1.89. The van der Waals surface area contributed by atoms with Crippen LogP contribution in [-0.2, 0) is 4.74 Å². The first-order chi connectivity index (χ1) is 6.06. The van der Waals surface area contributed by atoms with Gasteiger partial charge in [0, 0.05) is 6.61 Å². The first-order valence-electron chi connectivity index (χ1n) is 5.32. The van der Waals surface area contributed by atoms with Crippen LogP contribution in [-0.4, -0.2) is 23.9 Å². The fourth-order valence-electron chi connectivity index (χ4n) is 1.89. The molecule has 5 atom stereocenters. The minimum absolute atomic E-state index is 0.268. The number of rotatable bonds is 3. The van der Waals surface area contributed by atoms with Crippen LogP contribution in [0.5, 0.6) is 0 Å². The molecule has 78 valence electrons. The van der Waals surface area contributed by atoms with Crippen LogP contribution in [0.1, 0.15) is 34.1 Å². The lowest BCUT2D eigenvalue weighted by Gasteiger charge is -2.24. The van der Waals surface area contributed by atoms with Gasteiger partial charge in [0.05, 0.1) is 12.2 Å². The summed E-state index contributed by atoms with van der Waals surface area (Å²) in [4.78, 5) is 0. The number of hydrogen-bond donors (Lipinski definition) is 1. The SMILES string of the molecule is CC1CC(C(C)C(C)CO)OC1C. The van der Waals surface area contributed by atoms with Gasteiger partial charge in [0.1, 0.15) is 0 Å². The highest BCUT2D eigenvalue weighted by Crippen LogP contribution is 2.32. The molecule has 1 saturated heterocycles. The van der Waals surface area contributed by atoms with Gasteiger partial charge < -0.3 is 9.84 Å². The zero-order valence-corrected chi connectivity index (χ0v) is 9.16. The molecule has 1 N–H and O–H groups in total. The molecule has 2 nitrogen and oxygen atoms in total. The standard InChI is InChI=1S/C11H22O2/c1-7-5-11(13-10(7)4)9(3)8(2)6-12/h7-12H,5-6H2,1-4H3. The topological polar surface area (TPSA) is 29.5 Å². The molecule has 1 aliphatic rings. The first kappa shape index (κ1) is 11.0. The Morgan fingerprint density at radius 3 is 2.38 bits per heavy atom. The van der Waals surface area contributed by atoms with E-state index in [0.29, 0.717) is 30.0 Å². The highest BCUT2D eigenvalue weighted by molar-refractivity contribution is 4.82. The Bertz CT molecular complexity index is 148. The molecule has 2 heteroatoms. The van der Waals surface area contributed by atoms with Crippen LogP contribution in [0, 0.1) is 17.8 Å². The first-order valence-corrected chi connectivity index (χ1v) is 5.32. The monoisotopic (exact) mass is 186 g/mol. The number of aliphatic hydroxyl groups excluding tert-OH is 1. The van der Waals surface area contributed by atoms with E-state index in [1.54, 1.807) is 0 Å². The van der Waals surface area contributed by atoms with E-state index >= 15 is 0 Å². The van der Waals surface area contributed by atoms with Crippen molar-refractivity contribution in [1.82, 2.24) is 0 Å². The van der Waals surface area contributed by atoms with Crippen molar-refractivity contribution in [2.24, 2.45) is 17.8 Å². The van der Waals surface area contributed by atoms with Crippen molar-refractivity contribution in [1.29, 1.82) is 0 Å². The molecule has 0 saturated carbocycles. The molecule has 0 aromatic rings. The molecule has 1 heterocycles. The highest BCUT2D eigenvalue weighted by atomic mass is 16.5. The van der Waals surface area contributed by atoms with Gasteiger partial charge in [-0.3, -0.25) is 0 Å². The van der Waals surface area contributed by atoms with Gasteiger partial charge in [-0.2, -0.15) is 0 Å². The van der Waals surface area contributed by atoms with Gasteiger partial charge in [-0.15, -0.1) is 0 Å². The van der Waals surface area contributed by atoms with Crippen LogP contribution in [0.4, 0.5) is 0 Å². The number of hydrogen-bond acceptors (Lipinski definition) is 2. The van der Waals surface area contributed by atoms with Crippen molar-refractivity contribution in [2.75, 3.05) is 6.61 Å². The summed E-state index contributed by atoms with van der Waals surface area (Å²) in [6, 6.07) is 0. The second kappa shape index (κ2) is 4.43. The lowest BCUT2D eigenvalue weighted by molar-refractivity contribution is -0.00318. The van der Waals surface area contributed by atoms with Crippen LogP contribution < -0.4 is 0 Å². The third-order valence-corrected chi connectivity index (χ3v) is 3.57. The molecule has 0 aromatic heterocycles. The van der Waals surface area contributed by atoms with Crippen molar-refractivity contribution in [3.63, 3.8) is 0 Å². The molecule has 0 aromatic carbocycles. The summed E-state index contributed by atoms with van der Waals surface area (Å²) < 4.78 is 5.85. The molecule has 1 aliphatic heterocycles. The van der Waals surface area contributed by atoms with Gasteiger partial charge in [-0.1, -0.05) is 20.8 Å². The fraction of sp³-hybridized carbons (Fsp3) is 1.00. The van der Waals surface area contributed by atoms with E-state index in [4.69, 9.17) is 9.84 Å². The number of ether oxygens (including phenoxy) is 1. The van der Waals surface area contributed by atoms with Gasteiger partial charge >= 0.3 is 0 Å². The fourth-order valence-corrected chi connectivity index (χ4v) is 1.89. The van der Waals surface area contributed by atoms with Gasteiger partial charge in [-0.05, 0) is 31.1 Å². The molecule has 0 radical (unpaired) electrons. The highest BCUT2D eigenvalue weighted by Gasteiger charge is 2.34. The lowest BCUT2D eigenvalue weighted by Crippen LogP contribution is -2.26. The van der Waals surface area contributed by atoms with Crippen LogP contribution in [0.25, 0.3) is 0 Å². The maximum absolute atomic E-state index is 9.04. The zero-order valence-electron chi connectivity index (χ0n) is 9.16. The molecular weight excluding hydrogens is 164 g/mol. The Kier molecular flexibility index (Phi) is 3.74. The van der Waals surface area contributed by atoms with Gasteiger partial charge in [0.2, 0.25) is 0 Å². The summed E-state index contributed by atoms with van der Waals surface area (Å²) in [5, 5.41) is 9.04. The molecule has 0 amide bonds. The van der Waals surface area contributed by atoms with E-state index in [-0.39, 0.29) is 6.61 Å². The van der Waals surface area contributed by atoms with Crippen molar-refractivity contribution >= 4 is 0 Å². The van der Waals surface area contributed by atoms with E-state index < -0.39 is 0 Å². The van der Waals surface area contributed by atoms with Crippen molar-refractivity contribution in [3.05, 3.63) is 0 Å². The maximum Gasteiger partial charge on any atom is 0.0611 e. The van der Waals surface area contributed by atoms with Crippen molar-refractivity contribution in [2.45, 2.75) is 46.3 Å². The second-order valence-electron chi connectivity index (χ2n) is 4.61. The van der Waals surface area contributed by atoms with Crippen LogP contribution >= 0.6 is 0 Å². The summed E-state index contributed by atoms with van der Waals surface area (Å²) in [7, 11) is 0. The Labute approximate surface area is 81.3 Å². The quantitative estimate of drug-likeness (QED) is 0.731. The second-order valence-corrected chi connectivity index (χ2v) is 4.61. The predicted molar refractivity (Wildman–Crippen MR) is 53.5 cm³/mol. The lowest BCUT2D eigenvalue weighted by atomic mass is 9.88. The van der Waals surface area contributed by atoms with Gasteiger partial charge in [-0.25, -0.2) is 0 Å². The van der Waals surface area contributed by atoms with Crippen LogP contribution in [0.15, 0.2) is 0 Å². The average molecular weight is 186 g/mol. The van der Waals surface area contributed by atoms with Crippen LogP contribution in [0.3, 0.4) is 0 Å². The Balaban J connectivity index is 2.45. The molecule has 0 aliphatic carbocycles. The molecule has 0 bridgehead atoms. The maximum atomic E-state index is 9.04. The molecule has 0 spiro atoms. The summed E-state index contributed by atoms with van der Waals surface area (Å²) in [6.45, 7) is 8.91. The van der Waals surface area contributed by atoms with Crippen molar-refractivity contribution < 1.29 is 9.84 Å². The van der Waals surface area contributed by atoms with Gasteiger partial charge in [0.15, 0.2) is 0 Å². The molecule has 13 heavy (non-hydrogen) atoms. The zero-order chi connectivity index (χ0) is 10.0. The third-order valence-electron chi connectivity index (χ3n) is 3.57. The largest absolute Gasteiger partial charge is 0.396 e. The Morgan fingerprint density at radius 1 is 1.38 bits per heavy atom. The summed E-state index contributed by atoms with van der Waals surface area (Å²) in [5.41, 5.74) is 0.